The largest absolute Gasteiger partial charge is 0.450 e. The molecule has 1 aromatic rings. The molecule has 0 heterocycles. The van der Waals surface area contributed by atoms with E-state index in [1.165, 1.54) is 103 Å². The van der Waals surface area contributed by atoms with Gasteiger partial charge in [0.05, 0.1) is 6.61 Å². The topological polar surface area (TPSA) is 106 Å². The van der Waals surface area contributed by atoms with E-state index in [9.17, 15) is 14.4 Å². The van der Waals surface area contributed by atoms with Crippen molar-refractivity contribution in [3.05, 3.63) is 35.9 Å². The highest BCUT2D eigenvalue weighted by molar-refractivity contribution is 5.85. The summed E-state index contributed by atoms with van der Waals surface area (Å²) in [7, 11) is 0. The van der Waals surface area contributed by atoms with Gasteiger partial charge in [-0.25, -0.2) is 9.59 Å². The average molecular weight is 660 g/mol. The monoisotopic (exact) mass is 660 g/mol. The third-order valence-electron chi connectivity index (χ3n) is 8.57. The molecule has 0 saturated heterocycles. The lowest BCUT2D eigenvalue weighted by molar-refractivity contribution is -0.123. The van der Waals surface area contributed by atoms with Crippen LogP contribution in [0.5, 0.6) is 0 Å². The lowest BCUT2D eigenvalue weighted by Gasteiger charge is -2.18. The molecule has 0 saturated carbocycles. The van der Waals surface area contributed by atoms with E-state index in [2.05, 4.69) is 29.8 Å². The molecular weight excluding hydrogens is 590 g/mol. The Balaban J connectivity index is 2.24. The summed E-state index contributed by atoms with van der Waals surface area (Å²) >= 11 is 0. The minimum Gasteiger partial charge on any atom is -0.450 e. The molecule has 1 aromatic carbocycles. The van der Waals surface area contributed by atoms with Crippen LogP contribution in [0, 0.1) is 0 Å². The number of hydrogen-bond donors (Lipinski definition) is 3. The van der Waals surface area contributed by atoms with Crippen LogP contribution in [0.2, 0.25) is 0 Å². The molecule has 1 unspecified atom stereocenters. The summed E-state index contributed by atoms with van der Waals surface area (Å²) in [5.74, 6) is -0.178. The summed E-state index contributed by atoms with van der Waals surface area (Å²) in [6, 6.07) is 8.87. The van der Waals surface area contributed by atoms with Crippen LogP contribution >= 0.6 is 0 Å². The first kappa shape index (κ1) is 42.3. The standard InChI is InChI=1S/C39H69N3O5/c1-3-5-7-9-11-12-13-14-15-16-17-18-20-27-33-46-39(45)42-36(37(43)40-31-25-19-10-8-6-4-2)30-24-26-32-41-38(44)47-34-35-28-22-21-23-29-35/h21-23,28-29,36H,3-20,24-27,30-34H2,1-2H3,(H,40,43)(H,41,44)(H,42,45). The predicted octanol–water partition coefficient (Wildman–Crippen LogP) is 10.1. The van der Waals surface area contributed by atoms with Crippen LogP contribution in [0.1, 0.15) is 167 Å². The zero-order chi connectivity index (χ0) is 34.0. The summed E-state index contributed by atoms with van der Waals surface area (Å²) in [4.78, 5) is 37.5. The van der Waals surface area contributed by atoms with Gasteiger partial charge in [0.1, 0.15) is 12.6 Å². The summed E-state index contributed by atoms with van der Waals surface area (Å²) < 4.78 is 10.7. The van der Waals surface area contributed by atoms with E-state index in [4.69, 9.17) is 9.47 Å². The number of alkyl carbamates (subject to hydrolysis) is 2. The smallest absolute Gasteiger partial charge is 0.407 e. The van der Waals surface area contributed by atoms with Gasteiger partial charge in [0.25, 0.3) is 0 Å². The first-order valence-corrected chi connectivity index (χ1v) is 19.2. The Morgan fingerprint density at radius 3 is 1.62 bits per heavy atom. The van der Waals surface area contributed by atoms with E-state index in [1.54, 1.807) is 0 Å². The van der Waals surface area contributed by atoms with Crippen LogP contribution in [-0.4, -0.2) is 43.8 Å². The van der Waals surface area contributed by atoms with Crippen molar-refractivity contribution < 1.29 is 23.9 Å². The molecule has 3 amide bonds. The van der Waals surface area contributed by atoms with Crippen LogP contribution < -0.4 is 16.0 Å². The van der Waals surface area contributed by atoms with Gasteiger partial charge in [0.2, 0.25) is 5.91 Å². The van der Waals surface area contributed by atoms with Crippen LogP contribution in [-0.2, 0) is 20.9 Å². The van der Waals surface area contributed by atoms with Crippen molar-refractivity contribution in [3.63, 3.8) is 0 Å². The van der Waals surface area contributed by atoms with E-state index in [0.29, 0.717) is 39.0 Å². The molecule has 8 heteroatoms. The number of carbonyl (C=O) groups is 3. The maximum Gasteiger partial charge on any atom is 0.407 e. The first-order valence-electron chi connectivity index (χ1n) is 19.2. The molecule has 1 rings (SSSR count). The third-order valence-corrected chi connectivity index (χ3v) is 8.57. The molecule has 270 valence electrons. The third kappa shape index (κ3) is 26.9. The molecular formula is C39H69N3O5. The number of amides is 3. The molecule has 0 aromatic heterocycles. The molecule has 8 nitrogen and oxygen atoms in total. The van der Waals surface area contributed by atoms with Gasteiger partial charge >= 0.3 is 12.2 Å². The SMILES string of the molecule is CCCCCCCCCCCCCCCCOC(=O)NC(CCCCNC(=O)OCc1ccccc1)C(=O)NCCCCCCCC. The van der Waals surface area contributed by atoms with Crippen molar-refractivity contribution in [2.45, 2.75) is 174 Å². The van der Waals surface area contributed by atoms with Crippen LogP contribution in [0.15, 0.2) is 30.3 Å². The van der Waals surface area contributed by atoms with Gasteiger partial charge in [-0.15, -0.1) is 0 Å². The molecule has 3 N–H and O–H groups in total. The number of ether oxygens (including phenoxy) is 2. The Morgan fingerprint density at radius 1 is 0.553 bits per heavy atom. The van der Waals surface area contributed by atoms with Crippen molar-refractivity contribution in [3.8, 4) is 0 Å². The van der Waals surface area contributed by atoms with E-state index < -0.39 is 18.2 Å². The Kier molecular flexibility index (Phi) is 28.6. The maximum atomic E-state index is 12.9. The zero-order valence-electron chi connectivity index (χ0n) is 30.1. The highest BCUT2D eigenvalue weighted by Crippen LogP contribution is 2.13. The van der Waals surface area contributed by atoms with Gasteiger partial charge < -0.3 is 25.4 Å². The fourth-order valence-corrected chi connectivity index (χ4v) is 5.59. The van der Waals surface area contributed by atoms with E-state index in [0.717, 1.165) is 31.2 Å². The van der Waals surface area contributed by atoms with E-state index >= 15 is 0 Å². The van der Waals surface area contributed by atoms with Crippen molar-refractivity contribution in [2.24, 2.45) is 0 Å². The molecule has 1 atom stereocenters. The Labute approximate surface area is 287 Å². The first-order chi connectivity index (χ1) is 23.1. The second-order valence-corrected chi connectivity index (χ2v) is 13.0. The quantitative estimate of drug-likeness (QED) is 0.0688. The van der Waals surface area contributed by atoms with Gasteiger partial charge in [-0.2, -0.15) is 0 Å². The van der Waals surface area contributed by atoms with Crippen molar-refractivity contribution in [1.29, 1.82) is 0 Å². The van der Waals surface area contributed by atoms with Crippen molar-refractivity contribution in [1.82, 2.24) is 16.0 Å². The molecule has 0 radical (unpaired) electrons. The summed E-state index contributed by atoms with van der Waals surface area (Å²) in [5, 5.41) is 8.54. The Morgan fingerprint density at radius 2 is 1.04 bits per heavy atom. The molecule has 0 aliphatic heterocycles. The number of benzene rings is 1. The lowest BCUT2D eigenvalue weighted by atomic mass is 10.0. The van der Waals surface area contributed by atoms with Crippen molar-refractivity contribution in [2.75, 3.05) is 19.7 Å². The summed E-state index contributed by atoms with van der Waals surface area (Å²) in [6.07, 6.45) is 25.6. The Bertz CT molecular complexity index is 883. The van der Waals surface area contributed by atoms with Crippen LogP contribution in [0.3, 0.4) is 0 Å². The molecule has 0 aliphatic carbocycles. The molecule has 47 heavy (non-hydrogen) atoms. The minimum absolute atomic E-state index is 0.178. The van der Waals surface area contributed by atoms with E-state index in [-0.39, 0.29) is 12.5 Å². The van der Waals surface area contributed by atoms with Gasteiger partial charge in [-0.3, -0.25) is 4.79 Å². The van der Waals surface area contributed by atoms with Crippen LogP contribution in [0.4, 0.5) is 9.59 Å². The fourth-order valence-electron chi connectivity index (χ4n) is 5.59. The molecule has 0 aliphatic rings. The van der Waals surface area contributed by atoms with Gasteiger partial charge in [0.15, 0.2) is 0 Å². The minimum atomic E-state index is -0.663. The van der Waals surface area contributed by atoms with Gasteiger partial charge in [-0.1, -0.05) is 160 Å². The Hall–Kier alpha value is -2.77. The molecule has 0 fully saturated rings. The second kappa shape index (κ2) is 31.8. The second-order valence-electron chi connectivity index (χ2n) is 13.0. The predicted molar refractivity (Wildman–Crippen MR) is 193 cm³/mol. The normalized spacial score (nSPS) is 11.5. The fraction of sp³-hybridized carbons (Fsp3) is 0.769. The van der Waals surface area contributed by atoms with Crippen molar-refractivity contribution >= 4 is 18.1 Å². The zero-order valence-corrected chi connectivity index (χ0v) is 30.1. The lowest BCUT2D eigenvalue weighted by Crippen LogP contribution is -2.47. The van der Waals surface area contributed by atoms with Gasteiger partial charge in [0, 0.05) is 13.1 Å². The summed E-state index contributed by atoms with van der Waals surface area (Å²) in [5.41, 5.74) is 0.930. The summed E-state index contributed by atoms with van der Waals surface area (Å²) in [6.45, 7) is 6.09. The molecule has 0 spiro atoms. The number of nitrogens with one attached hydrogen (secondary N) is 3. The highest BCUT2D eigenvalue weighted by atomic mass is 16.6. The number of hydrogen-bond acceptors (Lipinski definition) is 5. The average Bonchev–Trinajstić information content (AvgIpc) is 3.08. The number of rotatable bonds is 31. The maximum absolute atomic E-state index is 12.9. The number of unbranched alkanes of at least 4 members (excludes halogenated alkanes) is 19. The van der Waals surface area contributed by atoms with E-state index in [1.807, 2.05) is 30.3 Å². The molecule has 0 bridgehead atoms. The van der Waals surface area contributed by atoms with Crippen LogP contribution in [0.25, 0.3) is 0 Å². The van der Waals surface area contributed by atoms with Gasteiger partial charge in [-0.05, 0) is 37.7 Å². The number of carbonyl (C=O) groups excluding carboxylic acids is 3. The highest BCUT2D eigenvalue weighted by Gasteiger charge is 2.21.